The zero-order valence-corrected chi connectivity index (χ0v) is 11.8. The van der Waals surface area contributed by atoms with Gasteiger partial charge in [0.15, 0.2) is 0 Å². The van der Waals surface area contributed by atoms with Crippen LogP contribution < -0.4 is 11.1 Å². The van der Waals surface area contributed by atoms with Gasteiger partial charge in [0.1, 0.15) is 6.04 Å². The highest BCUT2D eigenvalue weighted by Crippen LogP contribution is 2.35. The first kappa shape index (κ1) is 18.5. The Labute approximate surface area is 117 Å². The minimum atomic E-state index is -4.36. The lowest BCUT2D eigenvalue weighted by Crippen LogP contribution is -2.49. The molecular weight excluding hydrogens is 281 g/mol. The molecule has 3 N–H and O–H groups in total. The SMILES string of the molecule is CC(N)CCC(=O)NC(C1CCCC1)C(F)(F)F.Cl. The molecule has 2 unspecified atom stereocenters. The fraction of sp³-hybridized carbons (Fsp3) is 0.917. The van der Waals surface area contributed by atoms with Crippen LogP contribution in [0, 0.1) is 5.92 Å². The number of carbonyl (C=O) groups excluding carboxylic acids is 1. The minimum Gasteiger partial charge on any atom is -0.344 e. The normalized spacial score (nSPS) is 19.6. The fourth-order valence-corrected chi connectivity index (χ4v) is 2.36. The maximum absolute atomic E-state index is 12.9. The lowest BCUT2D eigenvalue weighted by molar-refractivity contribution is -0.171. The molecule has 2 atom stereocenters. The van der Waals surface area contributed by atoms with Crippen molar-refractivity contribution in [2.24, 2.45) is 11.7 Å². The third kappa shape index (κ3) is 6.47. The van der Waals surface area contributed by atoms with Crippen molar-refractivity contribution in [2.45, 2.75) is 63.7 Å². The monoisotopic (exact) mass is 302 g/mol. The van der Waals surface area contributed by atoms with Gasteiger partial charge < -0.3 is 11.1 Å². The van der Waals surface area contributed by atoms with Gasteiger partial charge in [-0.25, -0.2) is 0 Å². The number of rotatable bonds is 5. The van der Waals surface area contributed by atoms with Crippen LogP contribution in [0.5, 0.6) is 0 Å². The molecule has 19 heavy (non-hydrogen) atoms. The van der Waals surface area contributed by atoms with Crippen LogP contribution in [0.1, 0.15) is 45.4 Å². The van der Waals surface area contributed by atoms with Crippen molar-refractivity contribution in [3.05, 3.63) is 0 Å². The average Bonchev–Trinajstić information content (AvgIpc) is 2.74. The molecule has 0 aromatic carbocycles. The van der Waals surface area contributed by atoms with Crippen LogP contribution in [0.2, 0.25) is 0 Å². The molecule has 1 rings (SSSR count). The van der Waals surface area contributed by atoms with Gasteiger partial charge in [-0.15, -0.1) is 12.4 Å². The number of hydrogen-bond donors (Lipinski definition) is 2. The van der Waals surface area contributed by atoms with Gasteiger partial charge in [0.25, 0.3) is 0 Å². The first-order valence-corrected chi connectivity index (χ1v) is 6.42. The summed E-state index contributed by atoms with van der Waals surface area (Å²) in [5.74, 6) is -1.02. The molecule has 0 aromatic rings. The van der Waals surface area contributed by atoms with E-state index in [-0.39, 0.29) is 24.9 Å². The van der Waals surface area contributed by atoms with Crippen molar-refractivity contribution >= 4 is 18.3 Å². The van der Waals surface area contributed by atoms with E-state index in [4.69, 9.17) is 5.73 Å². The number of nitrogens with two attached hydrogens (primary N) is 1. The van der Waals surface area contributed by atoms with Crippen molar-refractivity contribution < 1.29 is 18.0 Å². The summed E-state index contributed by atoms with van der Waals surface area (Å²) in [5.41, 5.74) is 5.48. The first-order chi connectivity index (χ1) is 8.30. The van der Waals surface area contributed by atoms with E-state index in [0.717, 1.165) is 12.8 Å². The van der Waals surface area contributed by atoms with Gasteiger partial charge in [0.05, 0.1) is 0 Å². The van der Waals surface area contributed by atoms with Crippen molar-refractivity contribution in [1.82, 2.24) is 5.32 Å². The number of nitrogens with one attached hydrogen (secondary N) is 1. The van der Waals surface area contributed by atoms with E-state index in [0.29, 0.717) is 19.3 Å². The number of hydrogen-bond acceptors (Lipinski definition) is 2. The number of alkyl halides is 3. The Balaban J connectivity index is 0.00000324. The lowest BCUT2D eigenvalue weighted by Gasteiger charge is -2.27. The molecule has 7 heteroatoms. The molecule has 1 saturated carbocycles. The van der Waals surface area contributed by atoms with Gasteiger partial charge in [-0.3, -0.25) is 4.79 Å². The maximum Gasteiger partial charge on any atom is 0.408 e. The molecule has 1 amide bonds. The van der Waals surface area contributed by atoms with Crippen LogP contribution in [-0.4, -0.2) is 24.2 Å². The van der Waals surface area contributed by atoms with Crippen LogP contribution in [0.15, 0.2) is 0 Å². The largest absolute Gasteiger partial charge is 0.408 e. The zero-order chi connectivity index (χ0) is 13.8. The van der Waals surface area contributed by atoms with Crippen molar-refractivity contribution in [3.63, 3.8) is 0 Å². The molecule has 0 aliphatic heterocycles. The maximum atomic E-state index is 12.9. The second-order valence-corrected chi connectivity index (χ2v) is 5.15. The third-order valence-electron chi connectivity index (χ3n) is 3.37. The Bertz CT molecular complexity index is 279. The van der Waals surface area contributed by atoms with Gasteiger partial charge in [-0.2, -0.15) is 13.2 Å². The number of carbonyl (C=O) groups is 1. The van der Waals surface area contributed by atoms with Crippen molar-refractivity contribution in [2.75, 3.05) is 0 Å². The summed E-state index contributed by atoms with van der Waals surface area (Å²) in [4.78, 5) is 11.5. The van der Waals surface area contributed by atoms with Crippen LogP contribution in [-0.2, 0) is 4.79 Å². The molecule has 1 aliphatic rings. The third-order valence-corrected chi connectivity index (χ3v) is 3.37. The lowest BCUT2D eigenvalue weighted by atomic mass is 9.97. The summed E-state index contributed by atoms with van der Waals surface area (Å²) in [6.45, 7) is 1.73. The van der Waals surface area contributed by atoms with Gasteiger partial charge in [-0.1, -0.05) is 12.8 Å². The molecule has 114 valence electrons. The first-order valence-electron chi connectivity index (χ1n) is 6.42. The molecule has 0 bridgehead atoms. The average molecular weight is 303 g/mol. The topological polar surface area (TPSA) is 55.1 Å². The summed E-state index contributed by atoms with van der Waals surface area (Å²) < 4.78 is 38.7. The molecule has 0 radical (unpaired) electrons. The molecular formula is C12H22ClF3N2O. The van der Waals surface area contributed by atoms with Crippen LogP contribution in [0.25, 0.3) is 0 Å². The van der Waals surface area contributed by atoms with Gasteiger partial charge >= 0.3 is 6.18 Å². The minimum absolute atomic E-state index is 0. The van der Waals surface area contributed by atoms with Crippen molar-refractivity contribution in [3.8, 4) is 0 Å². The Morgan fingerprint density at radius 3 is 2.32 bits per heavy atom. The highest BCUT2D eigenvalue weighted by atomic mass is 35.5. The number of amides is 1. The quantitative estimate of drug-likeness (QED) is 0.820. The second kappa shape index (κ2) is 7.94. The molecule has 0 heterocycles. The Kier molecular flexibility index (Phi) is 7.74. The van der Waals surface area contributed by atoms with E-state index in [2.05, 4.69) is 5.32 Å². The van der Waals surface area contributed by atoms with E-state index in [1.165, 1.54) is 0 Å². The van der Waals surface area contributed by atoms with E-state index in [9.17, 15) is 18.0 Å². The second-order valence-electron chi connectivity index (χ2n) is 5.15. The molecule has 0 saturated heterocycles. The van der Waals surface area contributed by atoms with E-state index < -0.39 is 24.0 Å². The van der Waals surface area contributed by atoms with E-state index in [1.807, 2.05) is 0 Å². The van der Waals surface area contributed by atoms with Gasteiger partial charge in [0, 0.05) is 12.5 Å². The predicted molar refractivity (Wildman–Crippen MR) is 70.1 cm³/mol. The highest BCUT2D eigenvalue weighted by molar-refractivity contribution is 5.85. The Morgan fingerprint density at radius 2 is 1.89 bits per heavy atom. The van der Waals surface area contributed by atoms with Crippen LogP contribution in [0.4, 0.5) is 13.2 Å². The summed E-state index contributed by atoms with van der Waals surface area (Å²) >= 11 is 0. The standard InChI is InChI=1S/C12H21F3N2O.ClH/c1-8(16)6-7-10(18)17-11(12(13,14)15)9-4-2-3-5-9;/h8-9,11H,2-7,16H2,1H3,(H,17,18);1H. The predicted octanol–water partition coefficient (Wildman–Crippen LogP) is 2.77. The molecule has 0 aromatic heterocycles. The van der Waals surface area contributed by atoms with Gasteiger partial charge in [-0.05, 0) is 32.1 Å². The number of halogens is 4. The van der Waals surface area contributed by atoms with Gasteiger partial charge in [0.2, 0.25) is 5.91 Å². The molecule has 1 fully saturated rings. The summed E-state index contributed by atoms with van der Waals surface area (Å²) in [5, 5.41) is 2.13. The summed E-state index contributed by atoms with van der Waals surface area (Å²) in [6.07, 6.45) is -1.20. The Hall–Kier alpha value is -0.490. The Morgan fingerprint density at radius 1 is 1.37 bits per heavy atom. The molecule has 0 spiro atoms. The summed E-state index contributed by atoms with van der Waals surface area (Å²) in [6, 6.07) is -1.87. The molecule has 3 nitrogen and oxygen atoms in total. The fourth-order valence-electron chi connectivity index (χ4n) is 2.36. The van der Waals surface area contributed by atoms with Crippen LogP contribution in [0.3, 0.4) is 0 Å². The molecule has 1 aliphatic carbocycles. The zero-order valence-electron chi connectivity index (χ0n) is 11.0. The van der Waals surface area contributed by atoms with Crippen LogP contribution >= 0.6 is 12.4 Å². The summed E-state index contributed by atoms with van der Waals surface area (Å²) in [7, 11) is 0. The van der Waals surface area contributed by atoms with Crippen molar-refractivity contribution in [1.29, 1.82) is 0 Å². The van der Waals surface area contributed by atoms with E-state index >= 15 is 0 Å². The smallest absolute Gasteiger partial charge is 0.344 e. The highest BCUT2D eigenvalue weighted by Gasteiger charge is 2.46. The van der Waals surface area contributed by atoms with E-state index in [1.54, 1.807) is 6.92 Å².